The highest BCUT2D eigenvalue weighted by atomic mass is 35.5. The number of hydrazone groups is 1. The van der Waals surface area contributed by atoms with Gasteiger partial charge in [0.15, 0.2) is 11.5 Å². The van der Waals surface area contributed by atoms with E-state index < -0.39 is 10.8 Å². The van der Waals surface area contributed by atoms with Gasteiger partial charge in [-0.05, 0) is 24.6 Å². The Kier molecular flexibility index (Phi) is 6.51. The van der Waals surface area contributed by atoms with Crippen LogP contribution < -0.4 is 10.2 Å². The molecule has 0 aliphatic rings. The van der Waals surface area contributed by atoms with E-state index in [0.717, 1.165) is 23.9 Å². The molecule has 0 atom stereocenters. The number of hydrogen-bond donors (Lipinski definition) is 2. The molecule has 0 bridgehead atoms. The molecule has 2 aromatic rings. The SMILES string of the molecule is CCOc1cc([N+](=O)[O-])cc(/C=N\NC(=O)Cc2ccc(Cl)cc2)c1O. The number of hydrogen-bond acceptors (Lipinski definition) is 6. The van der Waals surface area contributed by atoms with Crippen molar-refractivity contribution in [3.05, 3.63) is 62.7 Å². The molecule has 0 radical (unpaired) electrons. The zero-order chi connectivity index (χ0) is 19.1. The second-order valence-electron chi connectivity index (χ2n) is 5.17. The van der Waals surface area contributed by atoms with Crippen LogP contribution in [0.5, 0.6) is 11.5 Å². The van der Waals surface area contributed by atoms with Crippen LogP contribution in [-0.4, -0.2) is 28.8 Å². The third-order valence-electron chi connectivity index (χ3n) is 3.27. The van der Waals surface area contributed by atoms with E-state index in [1.807, 2.05) is 0 Å². The number of nitrogens with zero attached hydrogens (tertiary/aromatic N) is 2. The van der Waals surface area contributed by atoms with Gasteiger partial charge in [-0.2, -0.15) is 5.10 Å². The van der Waals surface area contributed by atoms with Crippen molar-refractivity contribution in [2.75, 3.05) is 6.61 Å². The van der Waals surface area contributed by atoms with Crippen LogP contribution in [0.1, 0.15) is 18.1 Å². The number of non-ortho nitro benzene ring substituents is 1. The number of halogens is 1. The molecule has 0 saturated carbocycles. The standard InChI is InChI=1S/C17H16ClN3O5/c1-2-26-15-9-14(21(24)25)8-12(17(15)23)10-19-20-16(22)7-11-3-5-13(18)6-4-11/h3-6,8-10,23H,2,7H2,1H3,(H,20,22)/b19-10-. The molecule has 8 nitrogen and oxygen atoms in total. The average Bonchev–Trinajstić information content (AvgIpc) is 2.60. The van der Waals surface area contributed by atoms with Crippen LogP contribution in [0.4, 0.5) is 5.69 Å². The maximum atomic E-state index is 11.9. The zero-order valence-electron chi connectivity index (χ0n) is 13.8. The number of carbonyl (C=O) groups is 1. The molecule has 9 heteroatoms. The van der Waals surface area contributed by atoms with Crippen molar-refractivity contribution in [2.45, 2.75) is 13.3 Å². The normalized spacial score (nSPS) is 10.7. The van der Waals surface area contributed by atoms with Gasteiger partial charge < -0.3 is 9.84 Å². The lowest BCUT2D eigenvalue weighted by molar-refractivity contribution is -0.385. The second kappa shape index (κ2) is 8.82. The number of phenolic OH excluding ortho intramolecular Hbond substituents is 1. The Bertz CT molecular complexity index is 837. The maximum Gasteiger partial charge on any atom is 0.274 e. The molecule has 0 aromatic heterocycles. The fraction of sp³-hybridized carbons (Fsp3) is 0.176. The number of ether oxygens (including phenoxy) is 1. The Morgan fingerprint density at radius 1 is 1.38 bits per heavy atom. The highest BCUT2D eigenvalue weighted by molar-refractivity contribution is 6.30. The van der Waals surface area contributed by atoms with Gasteiger partial charge in [0, 0.05) is 16.7 Å². The fourth-order valence-electron chi connectivity index (χ4n) is 2.08. The summed E-state index contributed by atoms with van der Waals surface area (Å²) in [5.74, 6) is -0.720. The lowest BCUT2D eigenvalue weighted by atomic mass is 10.1. The molecule has 2 rings (SSSR count). The van der Waals surface area contributed by atoms with Crippen LogP contribution in [-0.2, 0) is 11.2 Å². The number of nitro groups is 1. The van der Waals surface area contributed by atoms with Crippen molar-refractivity contribution in [3.63, 3.8) is 0 Å². The Morgan fingerprint density at radius 3 is 2.69 bits per heavy atom. The van der Waals surface area contributed by atoms with Gasteiger partial charge in [-0.3, -0.25) is 14.9 Å². The van der Waals surface area contributed by atoms with Gasteiger partial charge in [0.05, 0.1) is 30.2 Å². The number of rotatable bonds is 7. The summed E-state index contributed by atoms with van der Waals surface area (Å²) in [7, 11) is 0. The third kappa shape index (κ3) is 5.18. The van der Waals surface area contributed by atoms with E-state index in [1.165, 1.54) is 0 Å². The van der Waals surface area contributed by atoms with Gasteiger partial charge in [-0.15, -0.1) is 0 Å². The molecular weight excluding hydrogens is 362 g/mol. The predicted molar refractivity (Wildman–Crippen MR) is 96.8 cm³/mol. The summed E-state index contributed by atoms with van der Waals surface area (Å²) in [5, 5.41) is 25.4. The van der Waals surface area contributed by atoms with E-state index in [4.69, 9.17) is 16.3 Å². The molecule has 136 valence electrons. The summed E-state index contributed by atoms with van der Waals surface area (Å²) in [6, 6.07) is 9.02. The lowest BCUT2D eigenvalue weighted by Gasteiger charge is -2.08. The number of carbonyl (C=O) groups excluding carboxylic acids is 1. The first-order valence-electron chi connectivity index (χ1n) is 7.61. The van der Waals surface area contributed by atoms with Crippen molar-refractivity contribution < 1.29 is 19.6 Å². The first-order chi connectivity index (χ1) is 12.4. The Hall–Kier alpha value is -3.13. The van der Waals surface area contributed by atoms with E-state index in [-0.39, 0.29) is 35.8 Å². The van der Waals surface area contributed by atoms with Gasteiger partial charge >= 0.3 is 0 Å². The van der Waals surface area contributed by atoms with Gasteiger partial charge in [0.1, 0.15) is 0 Å². The van der Waals surface area contributed by atoms with Crippen molar-refractivity contribution in [3.8, 4) is 11.5 Å². The summed E-state index contributed by atoms with van der Waals surface area (Å²) in [5.41, 5.74) is 2.83. The molecule has 0 fully saturated rings. The summed E-state index contributed by atoms with van der Waals surface area (Å²) in [4.78, 5) is 22.2. The number of amides is 1. The van der Waals surface area contributed by atoms with E-state index in [0.29, 0.717) is 5.02 Å². The molecule has 1 amide bonds. The average molecular weight is 378 g/mol. The van der Waals surface area contributed by atoms with Crippen LogP contribution in [0.25, 0.3) is 0 Å². The first kappa shape index (κ1) is 19.2. The fourth-order valence-corrected chi connectivity index (χ4v) is 2.21. The van der Waals surface area contributed by atoms with Gasteiger partial charge in [0.25, 0.3) is 5.69 Å². The number of nitro benzene ring substituents is 1. The van der Waals surface area contributed by atoms with Crippen molar-refractivity contribution in [1.29, 1.82) is 0 Å². The highest BCUT2D eigenvalue weighted by Gasteiger charge is 2.16. The highest BCUT2D eigenvalue weighted by Crippen LogP contribution is 2.33. The Balaban J connectivity index is 2.10. The molecule has 2 aromatic carbocycles. The molecule has 0 unspecified atom stereocenters. The van der Waals surface area contributed by atoms with Gasteiger partial charge in [0.2, 0.25) is 5.91 Å². The topological polar surface area (TPSA) is 114 Å². The molecule has 2 N–H and O–H groups in total. The van der Waals surface area contributed by atoms with Gasteiger partial charge in [-0.25, -0.2) is 5.43 Å². The summed E-state index contributed by atoms with van der Waals surface area (Å²) in [6.45, 7) is 1.91. The van der Waals surface area contributed by atoms with Crippen LogP contribution >= 0.6 is 11.6 Å². The molecule has 0 saturated heterocycles. The molecule has 0 heterocycles. The number of phenols is 1. The molecule has 0 spiro atoms. The minimum absolute atomic E-state index is 0.0318. The third-order valence-corrected chi connectivity index (χ3v) is 3.52. The Morgan fingerprint density at radius 2 is 2.08 bits per heavy atom. The Labute approximate surface area is 154 Å². The maximum absolute atomic E-state index is 11.9. The van der Waals surface area contributed by atoms with Crippen molar-refractivity contribution in [2.24, 2.45) is 5.10 Å². The minimum atomic E-state index is -0.613. The van der Waals surface area contributed by atoms with E-state index >= 15 is 0 Å². The lowest BCUT2D eigenvalue weighted by Crippen LogP contribution is -2.19. The predicted octanol–water partition coefficient (Wildman–Crippen LogP) is 3.05. The number of benzene rings is 2. The minimum Gasteiger partial charge on any atom is -0.504 e. The number of aromatic hydroxyl groups is 1. The summed E-state index contributed by atoms with van der Waals surface area (Å²) in [6.07, 6.45) is 1.20. The van der Waals surface area contributed by atoms with E-state index in [1.54, 1.807) is 31.2 Å². The van der Waals surface area contributed by atoms with Crippen molar-refractivity contribution in [1.82, 2.24) is 5.43 Å². The zero-order valence-corrected chi connectivity index (χ0v) is 14.6. The van der Waals surface area contributed by atoms with E-state index in [9.17, 15) is 20.0 Å². The monoisotopic (exact) mass is 377 g/mol. The van der Waals surface area contributed by atoms with Crippen molar-refractivity contribution >= 4 is 29.4 Å². The largest absolute Gasteiger partial charge is 0.504 e. The van der Waals surface area contributed by atoms with Crippen LogP contribution in [0, 0.1) is 10.1 Å². The first-order valence-corrected chi connectivity index (χ1v) is 7.99. The summed E-state index contributed by atoms with van der Waals surface area (Å²) >= 11 is 5.78. The molecule has 0 aliphatic carbocycles. The summed E-state index contributed by atoms with van der Waals surface area (Å²) < 4.78 is 5.17. The smallest absolute Gasteiger partial charge is 0.274 e. The molecular formula is C17H16ClN3O5. The number of nitrogens with one attached hydrogen (secondary N) is 1. The van der Waals surface area contributed by atoms with Gasteiger partial charge in [-0.1, -0.05) is 23.7 Å². The van der Waals surface area contributed by atoms with Crippen LogP contribution in [0.3, 0.4) is 0 Å². The van der Waals surface area contributed by atoms with Crippen LogP contribution in [0.2, 0.25) is 5.02 Å². The van der Waals surface area contributed by atoms with Crippen LogP contribution in [0.15, 0.2) is 41.5 Å². The molecule has 26 heavy (non-hydrogen) atoms. The molecule has 0 aliphatic heterocycles. The quantitative estimate of drug-likeness (QED) is 0.437. The van der Waals surface area contributed by atoms with E-state index in [2.05, 4.69) is 10.5 Å². The second-order valence-corrected chi connectivity index (χ2v) is 5.60.